The molecule has 0 atom stereocenters. The molecule has 0 bridgehead atoms. The molecule has 0 amide bonds. The van der Waals surface area contributed by atoms with Crippen molar-refractivity contribution in [3.63, 3.8) is 0 Å². The van der Waals surface area contributed by atoms with Crippen LogP contribution in [-0.4, -0.2) is 57.8 Å². The molecule has 0 aliphatic carbocycles. The summed E-state index contributed by atoms with van der Waals surface area (Å²) in [5.41, 5.74) is 2.11. The van der Waals surface area contributed by atoms with Crippen molar-refractivity contribution in [2.24, 2.45) is 0 Å². The van der Waals surface area contributed by atoms with Crippen molar-refractivity contribution in [3.8, 4) is 11.4 Å². The summed E-state index contributed by atoms with van der Waals surface area (Å²) >= 11 is 0. The van der Waals surface area contributed by atoms with Crippen molar-refractivity contribution in [2.75, 3.05) is 37.6 Å². The van der Waals surface area contributed by atoms with Crippen molar-refractivity contribution in [1.82, 2.24) is 25.1 Å². The van der Waals surface area contributed by atoms with Gasteiger partial charge in [-0.25, -0.2) is 4.39 Å². The number of rotatable bonds is 8. The minimum Gasteiger partial charge on any atom is -0.369 e. The van der Waals surface area contributed by atoms with Gasteiger partial charge in [0.1, 0.15) is 5.82 Å². The molecule has 2 heterocycles. The predicted molar refractivity (Wildman–Crippen MR) is 112 cm³/mol. The van der Waals surface area contributed by atoms with Gasteiger partial charge in [0.25, 0.3) is 0 Å². The van der Waals surface area contributed by atoms with Gasteiger partial charge in [-0.05, 0) is 48.9 Å². The summed E-state index contributed by atoms with van der Waals surface area (Å²) < 4.78 is 13.1. The third-order valence-electron chi connectivity index (χ3n) is 5.38. The second kappa shape index (κ2) is 9.60. The van der Waals surface area contributed by atoms with Crippen LogP contribution in [0.3, 0.4) is 0 Å². The molecule has 2 aromatic carbocycles. The van der Waals surface area contributed by atoms with Gasteiger partial charge in [-0.3, -0.25) is 4.90 Å². The maximum Gasteiger partial charge on any atom is 0.204 e. The topological polar surface area (TPSA) is 50.1 Å². The Balaban J connectivity index is 1.12. The molecule has 3 aromatic rings. The van der Waals surface area contributed by atoms with Gasteiger partial charge in [0.05, 0.1) is 6.54 Å². The van der Waals surface area contributed by atoms with Gasteiger partial charge in [-0.1, -0.05) is 36.8 Å². The molecule has 0 unspecified atom stereocenters. The molecule has 7 heteroatoms. The van der Waals surface area contributed by atoms with E-state index < -0.39 is 0 Å². The Hall–Kier alpha value is -2.80. The standard InChI is InChI=1S/C22H27FN6/c23-20-9-11-21(12-10-20)28-17-15-27(16-18-28)13-5-2-6-14-29-25-22(24-26-29)19-7-3-1-4-8-19/h1,3-4,7-12H,2,5-6,13-18H2. The van der Waals surface area contributed by atoms with Gasteiger partial charge in [-0.15, -0.1) is 10.2 Å². The molecule has 1 saturated heterocycles. The van der Waals surface area contributed by atoms with Crippen molar-refractivity contribution >= 4 is 5.69 Å². The fourth-order valence-electron chi connectivity index (χ4n) is 3.69. The molecule has 1 fully saturated rings. The SMILES string of the molecule is Fc1ccc(N2CCN(CCCCCn3nnc(-c4ccccc4)n3)CC2)cc1. The van der Waals surface area contributed by atoms with Gasteiger partial charge in [0.15, 0.2) is 0 Å². The van der Waals surface area contributed by atoms with Gasteiger partial charge in [0, 0.05) is 37.4 Å². The Morgan fingerprint density at radius 1 is 0.793 bits per heavy atom. The van der Waals surface area contributed by atoms with Gasteiger partial charge in [0.2, 0.25) is 5.82 Å². The number of hydrogen-bond acceptors (Lipinski definition) is 5. The number of piperazine rings is 1. The molecule has 0 N–H and O–H groups in total. The van der Waals surface area contributed by atoms with Crippen LogP contribution in [0.2, 0.25) is 0 Å². The van der Waals surface area contributed by atoms with Crippen molar-refractivity contribution in [3.05, 3.63) is 60.4 Å². The number of halogens is 1. The zero-order chi connectivity index (χ0) is 19.9. The lowest BCUT2D eigenvalue weighted by Crippen LogP contribution is -2.46. The van der Waals surface area contributed by atoms with E-state index in [1.54, 1.807) is 4.80 Å². The smallest absolute Gasteiger partial charge is 0.204 e. The zero-order valence-electron chi connectivity index (χ0n) is 16.6. The molecular weight excluding hydrogens is 367 g/mol. The number of anilines is 1. The molecule has 6 nitrogen and oxygen atoms in total. The first-order chi connectivity index (χ1) is 14.3. The summed E-state index contributed by atoms with van der Waals surface area (Å²) in [6.07, 6.45) is 3.39. The highest BCUT2D eigenvalue weighted by atomic mass is 19.1. The second-order valence-electron chi connectivity index (χ2n) is 7.44. The maximum absolute atomic E-state index is 13.1. The van der Waals surface area contributed by atoms with Crippen LogP contribution in [-0.2, 0) is 6.54 Å². The largest absolute Gasteiger partial charge is 0.369 e. The van der Waals surface area contributed by atoms with Crippen LogP contribution in [0.25, 0.3) is 11.4 Å². The Kier molecular flexibility index (Phi) is 6.46. The van der Waals surface area contributed by atoms with E-state index in [0.717, 1.165) is 63.4 Å². The highest BCUT2D eigenvalue weighted by Gasteiger charge is 2.16. The van der Waals surface area contributed by atoms with E-state index in [2.05, 4.69) is 25.2 Å². The van der Waals surface area contributed by atoms with E-state index in [1.165, 1.54) is 18.6 Å². The van der Waals surface area contributed by atoms with E-state index in [9.17, 15) is 4.39 Å². The summed E-state index contributed by atoms with van der Waals surface area (Å²) in [5, 5.41) is 12.8. The van der Waals surface area contributed by atoms with Crippen LogP contribution in [0.5, 0.6) is 0 Å². The second-order valence-corrected chi connectivity index (χ2v) is 7.44. The third-order valence-corrected chi connectivity index (χ3v) is 5.38. The van der Waals surface area contributed by atoms with Gasteiger partial charge in [-0.2, -0.15) is 4.80 Å². The number of unbranched alkanes of at least 4 members (excludes halogenated alkanes) is 2. The predicted octanol–water partition coefficient (Wildman–Crippen LogP) is 3.47. The average molecular weight is 394 g/mol. The highest BCUT2D eigenvalue weighted by molar-refractivity contribution is 5.53. The van der Waals surface area contributed by atoms with Crippen LogP contribution >= 0.6 is 0 Å². The fourth-order valence-corrected chi connectivity index (χ4v) is 3.69. The number of nitrogens with zero attached hydrogens (tertiary/aromatic N) is 6. The Labute approximate surface area is 170 Å². The van der Waals surface area contributed by atoms with Crippen molar-refractivity contribution in [1.29, 1.82) is 0 Å². The molecule has 0 radical (unpaired) electrons. The Bertz CT molecular complexity index is 872. The van der Waals surface area contributed by atoms with Crippen LogP contribution in [0, 0.1) is 5.82 Å². The number of hydrogen-bond donors (Lipinski definition) is 0. The zero-order valence-corrected chi connectivity index (χ0v) is 16.6. The normalized spacial score (nSPS) is 15.0. The first-order valence-electron chi connectivity index (χ1n) is 10.3. The molecule has 1 aromatic heterocycles. The average Bonchev–Trinajstić information content (AvgIpc) is 3.24. The number of tetrazole rings is 1. The maximum atomic E-state index is 13.1. The molecule has 1 aliphatic heterocycles. The number of aryl methyl sites for hydroxylation is 1. The van der Waals surface area contributed by atoms with Crippen molar-refractivity contribution < 1.29 is 4.39 Å². The van der Waals surface area contributed by atoms with Crippen LogP contribution in [0.1, 0.15) is 19.3 Å². The molecule has 152 valence electrons. The summed E-state index contributed by atoms with van der Waals surface area (Å²) in [7, 11) is 0. The summed E-state index contributed by atoms with van der Waals surface area (Å²) in [6.45, 7) is 6.04. The van der Waals surface area contributed by atoms with Crippen LogP contribution in [0.15, 0.2) is 54.6 Å². The van der Waals surface area contributed by atoms with E-state index >= 15 is 0 Å². The summed E-state index contributed by atoms with van der Waals surface area (Å²) in [4.78, 5) is 6.54. The van der Waals surface area contributed by atoms with E-state index in [1.807, 2.05) is 42.5 Å². The molecule has 29 heavy (non-hydrogen) atoms. The van der Waals surface area contributed by atoms with Gasteiger partial charge >= 0.3 is 0 Å². The van der Waals surface area contributed by atoms with Crippen LogP contribution < -0.4 is 4.90 Å². The lowest BCUT2D eigenvalue weighted by molar-refractivity contribution is 0.251. The third kappa shape index (κ3) is 5.38. The lowest BCUT2D eigenvalue weighted by Gasteiger charge is -2.36. The van der Waals surface area contributed by atoms with E-state index in [-0.39, 0.29) is 5.82 Å². The number of benzene rings is 2. The Morgan fingerprint density at radius 2 is 1.52 bits per heavy atom. The Morgan fingerprint density at radius 3 is 2.28 bits per heavy atom. The molecule has 0 spiro atoms. The van der Waals surface area contributed by atoms with Crippen molar-refractivity contribution in [2.45, 2.75) is 25.8 Å². The first-order valence-corrected chi connectivity index (χ1v) is 10.3. The lowest BCUT2D eigenvalue weighted by atomic mass is 10.2. The molecular formula is C22H27FN6. The first kappa shape index (κ1) is 19.5. The quantitative estimate of drug-likeness (QED) is 0.548. The summed E-state index contributed by atoms with van der Waals surface area (Å²) in [5.74, 6) is 0.509. The molecule has 4 rings (SSSR count). The highest BCUT2D eigenvalue weighted by Crippen LogP contribution is 2.17. The van der Waals surface area contributed by atoms with Crippen LogP contribution in [0.4, 0.5) is 10.1 Å². The number of aromatic nitrogens is 4. The van der Waals surface area contributed by atoms with E-state index in [4.69, 9.17) is 0 Å². The molecule has 0 saturated carbocycles. The minimum atomic E-state index is -0.176. The van der Waals surface area contributed by atoms with Gasteiger partial charge < -0.3 is 4.90 Å². The summed E-state index contributed by atoms with van der Waals surface area (Å²) in [6, 6.07) is 16.7. The monoisotopic (exact) mass is 394 g/mol. The minimum absolute atomic E-state index is 0.176. The fraction of sp³-hybridized carbons (Fsp3) is 0.409. The molecule has 1 aliphatic rings. The van der Waals surface area contributed by atoms with E-state index in [0.29, 0.717) is 5.82 Å².